The van der Waals surface area contributed by atoms with E-state index in [1.165, 1.54) is 11.8 Å². The van der Waals surface area contributed by atoms with Crippen LogP contribution in [0.3, 0.4) is 0 Å². The molecular weight excluding hydrogens is 254 g/mol. The van der Waals surface area contributed by atoms with Crippen molar-refractivity contribution in [3.8, 4) is 0 Å². The third-order valence-electron chi connectivity index (χ3n) is 2.19. The van der Waals surface area contributed by atoms with Gasteiger partial charge in [0.25, 0.3) is 0 Å². The maximum Gasteiger partial charge on any atom is 0.102 e. The van der Waals surface area contributed by atoms with E-state index in [0.29, 0.717) is 5.02 Å². The monoisotopic (exact) mass is 265 g/mol. The van der Waals surface area contributed by atoms with Gasteiger partial charge in [0.1, 0.15) is 10.1 Å². The summed E-state index contributed by atoms with van der Waals surface area (Å²) in [4.78, 5) is 8.53. The maximum atomic E-state index is 5.77. The maximum absolute atomic E-state index is 5.77. The number of nitrogens with two attached hydrogens (primary N) is 1. The second kappa shape index (κ2) is 5.49. The Bertz CT molecular complexity index is 482. The van der Waals surface area contributed by atoms with E-state index in [9.17, 15) is 0 Å². The lowest BCUT2D eigenvalue weighted by Gasteiger charge is -2.05. The van der Waals surface area contributed by atoms with Crippen molar-refractivity contribution in [2.24, 2.45) is 5.73 Å². The molecule has 0 unspecified atom stereocenters. The van der Waals surface area contributed by atoms with Crippen molar-refractivity contribution >= 4 is 23.4 Å². The highest BCUT2D eigenvalue weighted by Crippen LogP contribution is 2.25. The van der Waals surface area contributed by atoms with Crippen molar-refractivity contribution in [2.75, 3.05) is 0 Å². The molecule has 0 amide bonds. The van der Waals surface area contributed by atoms with Gasteiger partial charge in [-0.05, 0) is 30.7 Å². The second-order valence-corrected chi connectivity index (χ2v) is 5.11. The second-order valence-electron chi connectivity index (χ2n) is 3.64. The van der Waals surface area contributed by atoms with Crippen molar-refractivity contribution in [3.05, 3.63) is 47.2 Å². The summed E-state index contributed by atoms with van der Waals surface area (Å²) < 4.78 is 0. The SMILES string of the molecule is C[C@@H](N)c1ccc(Sc2ccc(Cl)cn2)nc1. The molecule has 2 N–H and O–H groups in total. The molecule has 88 valence electrons. The molecule has 0 fully saturated rings. The molecule has 2 aromatic heterocycles. The summed E-state index contributed by atoms with van der Waals surface area (Å²) in [5.41, 5.74) is 6.79. The van der Waals surface area contributed by atoms with E-state index in [0.717, 1.165) is 15.6 Å². The lowest BCUT2D eigenvalue weighted by Crippen LogP contribution is -2.04. The largest absolute Gasteiger partial charge is 0.324 e. The van der Waals surface area contributed by atoms with Crippen LogP contribution < -0.4 is 5.73 Å². The highest BCUT2D eigenvalue weighted by molar-refractivity contribution is 7.99. The Balaban J connectivity index is 2.11. The third kappa shape index (κ3) is 3.43. The molecule has 2 rings (SSSR count). The van der Waals surface area contributed by atoms with Crippen LogP contribution in [0.15, 0.2) is 46.7 Å². The Morgan fingerprint density at radius 2 is 1.76 bits per heavy atom. The van der Waals surface area contributed by atoms with E-state index in [-0.39, 0.29) is 6.04 Å². The normalized spacial score (nSPS) is 12.4. The zero-order chi connectivity index (χ0) is 12.3. The van der Waals surface area contributed by atoms with Gasteiger partial charge in [-0.3, -0.25) is 0 Å². The van der Waals surface area contributed by atoms with Crippen LogP contribution in [0.25, 0.3) is 0 Å². The third-order valence-corrected chi connectivity index (χ3v) is 3.32. The number of hydrogen-bond acceptors (Lipinski definition) is 4. The first-order valence-electron chi connectivity index (χ1n) is 5.16. The van der Waals surface area contributed by atoms with Gasteiger partial charge in [-0.25, -0.2) is 9.97 Å². The first-order chi connectivity index (χ1) is 8.15. The summed E-state index contributed by atoms with van der Waals surface area (Å²) in [5.74, 6) is 0. The molecule has 0 aliphatic rings. The number of nitrogens with zero attached hydrogens (tertiary/aromatic N) is 2. The van der Waals surface area contributed by atoms with E-state index in [1.54, 1.807) is 12.4 Å². The molecule has 5 heteroatoms. The fourth-order valence-electron chi connectivity index (χ4n) is 1.25. The molecule has 0 spiro atoms. The van der Waals surface area contributed by atoms with Crippen LogP contribution in [0.1, 0.15) is 18.5 Å². The summed E-state index contributed by atoms with van der Waals surface area (Å²) >= 11 is 7.26. The topological polar surface area (TPSA) is 51.8 Å². The minimum absolute atomic E-state index is 0.00945. The summed E-state index contributed by atoms with van der Waals surface area (Å²) in [6.45, 7) is 1.94. The Morgan fingerprint density at radius 3 is 2.24 bits per heavy atom. The molecule has 0 aliphatic carbocycles. The molecule has 0 saturated carbocycles. The van der Waals surface area contributed by atoms with Crippen molar-refractivity contribution in [2.45, 2.75) is 23.0 Å². The van der Waals surface area contributed by atoms with Crippen LogP contribution in [0.2, 0.25) is 5.02 Å². The number of hydrogen-bond donors (Lipinski definition) is 1. The summed E-state index contributed by atoms with van der Waals surface area (Å²) in [5, 5.41) is 2.40. The number of halogens is 1. The van der Waals surface area contributed by atoms with Crippen molar-refractivity contribution in [3.63, 3.8) is 0 Å². The van der Waals surface area contributed by atoms with Gasteiger partial charge >= 0.3 is 0 Å². The lowest BCUT2D eigenvalue weighted by molar-refractivity contribution is 0.806. The first-order valence-corrected chi connectivity index (χ1v) is 6.35. The lowest BCUT2D eigenvalue weighted by atomic mass is 10.2. The number of pyridine rings is 2. The predicted molar refractivity (Wildman–Crippen MR) is 70.2 cm³/mol. The van der Waals surface area contributed by atoms with Gasteiger partial charge in [0.05, 0.1) is 5.02 Å². The van der Waals surface area contributed by atoms with E-state index in [2.05, 4.69) is 9.97 Å². The first kappa shape index (κ1) is 12.4. The van der Waals surface area contributed by atoms with Crippen molar-refractivity contribution in [1.82, 2.24) is 9.97 Å². The fraction of sp³-hybridized carbons (Fsp3) is 0.167. The average Bonchev–Trinajstić information content (AvgIpc) is 2.33. The van der Waals surface area contributed by atoms with E-state index < -0.39 is 0 Å². The molecule has 2 aromatic rings. The molecule has 0 radical (unpaired) electrons. The zero-order valence-electron chi connectivity index (χ0n) is 9.30. The van der Waals surface area contributed by atoms with Gasteiger partial charge in [-0.1, -0.05) is 29.4 Å². The molecular formula is C12H12ClN3S. The molecule has 0 aromatic carbocycles. The van der Waals surface area contributed by atoms with Crippen molar-refractivity contribution in [1.29, 1.82) is 0 Å². The van der Waals surface area contributed by atoms with Crippen LogP contribution in [0.5, 0.6) is 0 Å². The van der Waals surface area contributed by atoms with Gasteiger partial charge in [0.2, 0.25) is 0 Å². The smallest absolute Gasteiger partial charge is 0.102 e. The Labute approximate surface area is 109 Å². The predicted octanol–water partition coefficient (Wildman–Crippen LogP) is 3.30. The fourth-order valence-corrected chi connectivity index (χ4v) is 2.06. The van der Waals surface area contributed by atoms with Crippen LogP contribution in [0, 0.1) is 0 Å². The zero-order valence-corrected chi connectivity index (χ0v) is 10.9. The van der Waals surface area contributed by atoms with Crippen LogP contribution in [-0.2, 0) is 0 Å². The molecule has 3 nitrogen and oxygen atoms in total. The van der Waals surface area contributed by atoms with Gasteiger partial charge in [-0.15, -0.1) is 0 Å². The van der Waals surface area contributed by atoms with Gasteiger partial charge in [0.15, 0.2) is 0 Å². The van der Waals surface area contributed by atoms with Crippen molar-refractivity contribution < 1.29 is 0 Å². The molecule has 1 atom stereocenters. The highest BCUT2D eigenvalue weighted by Gasteiger charge is 2.03. The van der Waals surface area contributed by atoms with E-state index in [4.69, 9.17) is 17.3 Å². The summed E-state index contributed by atoms with van der Waals surface area (Å²) in [7, 11) is 0. The summed E-state index contributed by atoms with van der Waals surface area (Å²) in [6, 6.07) is 7.62. The molecule has 0 aliphatic heterocycles. The molecule has 0 saturated heterocycles. The Hall–Kier alpha value is -1.10. The molecule has 2 heterocycles. The van der Waals surface area contributed by atoms with E-state index in [1.807, 2.05) is 31.2 Å². The standard InChI is InChI=1S/C12H12ClN3S/c1-8(14)9-2-4-11(15-6-9)17-12-5-3-10(13)7-16-12/h2-8H,14H2,1H3/t8-/m1/s1. The Morgan fingerprint density at radius 1 is 1.12 bits per heavy atom. The summed E-state index contributed by atoms with van der Waals surface area (Å²) in [6.07, 6.45) is 3.42. The van der Waals surface area contributed by atoms with E-state index >= 15 is 0 Å². The Kier molecular flexibility index (Phi) is 3.99. The minimum Gasteiger partial charge on any atom is -0.324 e. The highest BCUT2D eigenvalue weighted by atomic mass is 35.5. The molecule has 0 bridgehead atoms. The van der Waals surface area contributed by atoms with Gasteiger partial charge in [0, 0.05) is 18.4 Å². The van der Waals surface area contributed by atoms with Crippen LogP contribution >= 0.6 is 23.4 Å². The van der Waals surface area contributed by atoms with Crippen LogP contribution in [0.4, 0.5) is 0 Å². The number of rotatable bonds is 3. The molecule has 17 heavy (non-hydrogen) atoms. The van der Waals surface area contributed by atoms with Crippen LogP contribution in [-0.4, -0.2) is 9.97 Å². The van der Waals surface area contributed by atoms with Gasteiger partial charge < -0.3 is 5.73 Å². The average molecular weight is 266 g/mol. The van der Waals surface area contributed by atoms with Gasteiger partial charge in [-0.2, -0.15) is 0 Å². The minimum atomic E-state index is 0.00945. The number of aromatic nitrogens is 2. The quantitative estimate of drug-likeness (QED) is 0.925.